The molecule has 0 saturated heterocycles. The smallest absolute Gasteiger partial charge is 0.416 e. The average Bonchev–Trinajstić information content (AvgIpc) is 2.81. The van der Waals surface area contributed by atoms with E-state index in [0.717, 1.165) is 23.3 Å². The molecule has 0 fully saturated rings. The summed E-state index contributed by atoms with van der Waals surface area (Å²) in [5, 5.41) is 9.72. The number of aliphatic imine (C=N–C) groups is 1. The summed E-state index contributed by atoms with van der Waals surface area (Å²) < 4.78 is 49.4. The Morgan fingerprint density at radius 2 is 1.53 bits per heavy atom. The monoisotopic (exact) mass is 438 g/mol. The largest absolute Gasteiger partial charge is 0.497 e. The number of hydrogen-bond acceptors (Lipinski definition) is 4. The minimum Gasteiger partial charge on any atom is -0.497 e. The summed E-state index contributed by atoms with van der Waals surface area (Å²) in [5.41, 5.74) is 1.32. The predicted octanol–water partition coefficient (Wildman–Crippen LogP) is 6.02. The van der Waals surface area contributed by atoms with Crippen molar-refractivity contribution in [2.24, 2.45) is 4.99 Å². The number of ether oxygens (including phenoxy) is 2. The van der Waals surface area contributed by atoms with Gasteiger partial charge in [0.25, 0.3) is 0 Å². The maximum absolute atomic E-state index is 12.9. The van der Waals surface area contributed by atoms with Gasteiger partial charge in [0.05, 0.1) is 25.8 Å². The van der Waals surface area contributed by atoms with Gasteiger partial charge in [0, 0.05) is 11.6 Å². The molecule has 0 heterocycles. The minimum atomic E-state index is -4.45. The number of methoxy groups -OCH3 is 2. The Morgan fingerprint density at radius 1 is 0.938 bits per heavy atom. The van der Waals surface area contributed by atoms with Crippen molar-refractivity contribution >= 4 is 5.71 Å². The van der Waals surface area contributed by atoms with Gasteiger partial charge in [-0.25, -0.2) is 0 Å². The van der Waals surface area contributed by atoms with Crippen LogP contribution < -0.4 is 9.47 Å². The van der Waals surface area contributed by atoms with Crippen molar-refractivity contribution in [3.63, 3.8) is 0 Å². The van der Waals surface area contributed by atoms with Crippen molar-refractivity contribution in [1.29, 1.82) is 5.26 Å². The molecule has 32 heavy (non-hydrogen) atoms. The molecule has 0 aromatic heterocycles. The average molecular weight is 438 g/mol. The van der Waals surface area contributed by atoms with Gasteiger partial charge in [-0.15, -0.1) is 0 Å². The van der Waals surface area contributed by atoms with Crippen LogP contribution in [0.2, 0.25) is 0 Å². The van der Waals surface area contributed by atoms with Crippen LogP contribution >= 0.6 is 0 Å². The van der Waals surface area contributed by atoms with Crippen LogP contribution in [0.25, 0.3) is 0 Å². The highest BCUT2D eigenvalue weighted by Gasteiger charge is 2.30. The van der Waals surface area contributed by atoms with Crippen LogP contribution in [0.15, 0.2) is 77.8 Å². The van der Waals surface area contributed by atoms with Gasteiger partial charge in [-0.1, -0.05) is 42.5 Å². The molecule has 3 aromatic carbocycles. The Morgan fingerprint density at radius 3 is 2.03 bits per heavy atom. The molecule has 0 bridgehead atoms. The van der Waals surface area contributed by atoms with Gasteiger partial charge in [-0.05, 0) is 41.8 Å². The van der Waals surface area contributed by atoms with Crippen LogP contribution in [-0.4, -0.2) is 19.9 Å². The van der Waals surface area contributed by atoms with E-state index in [4.69, 9.17) is 9.47 Å². The fraction of sp³-hybridized carbons (Fsp3) is 0.200. The van der Waals surface area contributed by atoms with Gasteiger partial charge in [0.1, 0.15) is 23.3 Å². The van der Waals surface area contributed by atoms with Crippen molar-refractivity contribution in [3.05, 3.63) is 95.1 Å². The summed E-state index contributed by atoms with van der Waals surface area (Å²) in [4.78, 5) is 4.64. The maximum atomic E-state index is 12.9. The topological polar surface area (TPSA) is 54.6 Å². The summed E-state index contributed by atoms with van der Waals surface area (Å²) in [6, 6.07) is 20.9. The first-order valence-corrected chi connectivity index (χ1v) is 9.76. The normalized spacial score (nSPS) is 12.7. The van der Waals surface area contributed by atoms with Crippen LogP contribution in [0.1, 0.15) is 28.3 Å². The third-order valence-corrected chi connectivity index (χ3v) is 4.91. The summed E-state index contributed by atoms with van der Waals surface area (Å²) in [6.45, 7) is 0. The van der Waals surface area contributed by atoms with Crippen molar-refractivity contribution in [1.82, 2.24) is 0 Å². The molecule has 0 aliphatic rings. The molecule has 0 aliphatic carbocycles. The zero-order chi connectivity index (χ0) is 23.1. The Bertz CT molecular complexity index is 1100. The van der Waals surface area contributed by atoms with Gasteiger partial charge >= 0.3 is 6.18 Å². The van der Waals surface area contributed by atoms with Crippen LogP contribution in [0, 0.1) is 11.3 Å². The molecule has 4 nitrogen and oxygen atoms in total. The third kappa shape index (κ3) is 5.67. The molecule has 0 aliphatic heterocycles. The number of rotatable bonds is 7. The predicted molar refractivity (Wildman–Crippen MR) is 116 cm³/mol. The number of nitriles is 1. The van der Waals surface area contributed by atoms with E-state index >= 15 is 0 Å². The Balaban J connectivity index is 2.06. The SMILES string of the molecule is COc1cc(OC)cc([C@@H](Cc2ccccc2)N=C(C#N)c2ccc(C(F)(F)F)cc2)c1. The summed E-state index contributed by atoms with van der Waals surface area (Å²) in [7, 11) is 3.08. The van der Waals surface area contributed by atoms with Gasteiger partial charge in [0.15, 0.2) is 0 Å². The molecule has 164 valence electrons. The fourth-order valence-electron chi connectivity index (χ4n) is 3.24. The molecular weight excluding hydrogens is 417 g/mol. The molecule has 3 rings (SSSR count). The highest BCUT2D eigenvalue weighted by atomic mass is 19.4. The zero-order valence-electron chi connectivity index (χ0n) is 17.6. The van der Waals surface area contributed by atoms with E-state index in [1.807, 2.05) is 36.4 Å². The van der Waals surface area contributed by atoms with E-state index < -0.39 is 17.8 Å². The molecule has 1 atom stereocenters. The third-order valence-electron chi connectivity index (χ3n) is 4.91. The number of hydrogen-bond donors (Lipinski definition) is 0. The first-order chi connectivity index (χ1) is 15.3. The first kappa shape index (κ1) is 22.9. The molecule has 0 spiro atoms. The van der Waals surface area contributed by atoms with Crippen molar-refractivity contribution in [2.75, 3.05) is 14.2 Å². The van der Waals surface area contributed by atoms with E-state index in [2.05, 4.69) is 4.99 Å². The number of halogens is 3. The molecule has 0 radical (unpaired) electrons. The fourth-order valence-corrected chi connectivity index (χ4v) is 3.24. The van der Waals surface area contributed by atoms with Crippen LogP contribution in [0.3, 0.4) is 0 Å². The Labute approximate surface area is 184 Å². The van der Waals surface area contributed by atoms with Crippen molar-refractivity contribution < 1.29 is 22.6 Å². The second-order valence-electron chi connectivity index (χ2n) is 7.02. The van der Waals surface area contributed by atoms with Gasteiger partial charge < -0.3 is 9.47 Å². The lowest BCUT2D eigenvalue weighted by Crippen LogP contribution is -2.08. The summed E-state index contributed by atoms with van der Waals surface area (Å²) >= 11 is 0. The lowest BCUT2D eigenvalue weighted by Gasteiger charge is -2.17. The van der Waals surface area contributed by atoms with Crippen LogP contribution in [0.4, 0.5) is 13.2 Å². The summed E-state index contributed by atoms with van der Waals surface area (Å²) in [6.07, 6.45) is -3.97. The van der Waals surface area contributed by atoms with Gasteiger partial charge in [-0.3, -0.25) is 4.99 Å². The second kappa shape index (κ2) is 10.0. The van der Waals surface area contributed by atoms with Crippen molar-refractivity contribution in [2.45, 2.75) is 18.6 Å². The quantitative estimate of drug-likeness (QED) is 0.424. The minimum absolute atomic E-state index is 0.0430. The Hall–Kier alpha value is -3.79. The first-order valence-electron chi connectivity index (χ1n) is 9.76. The number of benzene rings is 3. The summed E-state index contributed by atoms with van der Waals surface area (Å²) in [5.74, 6) is 1.14. The highest BCUT2D eigenvalue weighted by Crippen LogP contribution is 2.32. The highest BCUT2D eigenvalue weighted by molar-refractivity contribution is 6.11. The van der Waals surface area contributed by atoms with Gasteiger partial charge in [0.2, 0.25) is 0 Å². The van der Waals surface area contributed by atoms with E-state index in [1.165, 1.54) is 26.4 Å². The number of alkyl halides is 3. The van der Waals surface area contributed by atoms with Crippen LogP contribution in [0.5, 0.6) is 11.5 Å². The molecule has 0 unspecified atom stereocenters. The molecule has 0 N–H and O–H groups in total. The number of nitrogens with zero attached hydrogens (tertiary/aromatic N) is 2. The van der Waals surface area contributed by atoms with E-state index in [1.54, 1.807) is 18.2 Å². The molecular formula is C25H21F3N2O2. The molecule has 3 aromatic rings. The Kier molecular flexibility index (Phi) is 7.16. The van der Waals surface area contributed by atoms with Crippen molar-refractivity contribution in [3.8, 4) is 17.6 Å². The van der Waals surface area contributed by atoms with E-state index in [0.29, 0.717) is 23.5 Å². The zero-order valence-corrected chi connectivity index (χ0v) is 17.6. The lowest BCUT2D eigenvalue weighted by atomic mass is 9.98. The molecule has 7 heteroatoms. The van der Waals surface area contributed by atoms with Gasteiger partial charge in [-0.2, -0.15) is 18.4 Å². The van der Waals surface area contributed by atoms with E-state index in [9.17, 15) is 18.4 Å². The van der Waals surface area contributed by atoms with E-state index in [-0.39, 0.29) is 5.71 Å². The molecule has 0 amide bonds. The second-order valence-corrected chi connectivity index (χ2v) is 7.02. The van der Waals surface area contributed by atoms with Crippen LogP contribution in [-0.2, 0) is 12.6 Å². The lowest BCUT2D eigenvalue weighted by molar-refractivity contribution is -0.137. The molecule has 0 saturated carbocycles. The maximum Gasteiger partial charge on any atom is 0.416 e. The standard InChI is InChI=1S/C25H21F3N2O2/c1-31-21-13-19(14-22(15-21)32-2)23(12-17-6-4-3-5-7-17)30-24(16-29)18-8-10-20(11-9-18)25(26,27)28/h3-11,13-15,23H,12H2,1-2H3/t23-/m1/s1.